The Hall–Kier alpha value is -2.66. The van der Waals surface area contributed by atoms with Crippen molar-refractivity contribution in [2.24, 2.45) is 0 Å². The second-order valence-electron chi connectivity index (χ2n) is 5.64. The zero-order chi connectivity index (χ0) is 17.5. The quantitative estimate of drug-likeness (QED) is 0.609. The monoisotopic (exact) mass is 353 g/mol. The highest BCUT2D eigenvalue weighted by Gasteiger charge is 2.18. The molecule has 4 nitrogen and oxygen atoms in total. The standard InChI is InChI=1S/C20H19NO3S/c22-19(15-24-20(23)9-8-18-7-4-14-25-18)21-12-10-17(11-13-21)16-5-2-1-3-6-16/h1-10,14H,11-13,15H2/b9-8+. The molecular formula is C20H19NO3S. The predicted molar refractivity (Wildman–Crippen MR) is 99.9 cm³/mol. The van der Waals surface area contributed by atoms with E-state index in [1.165, 1.54) is 28.5 Å². The summed E-state index contributed by atoms with van der Waals surface area (Å²) in [5, 5.41) is 1.93. The molecule has 1 aromatic carbocycles. The summed E-state index contributed by atoms with van der Waals surface area (Å²) in [6.45, 7) is 0.968. The molecule has 2 heterocycles. The lowest BCUT2D eigenvalue weighted by Crippen LogP contribution is -2.37. The second kappa shape index (κ2) is 8.44. The number of carbonyl (C=O) groups excluding carboxylic acids is 2. The lowest BCUT2D eigenvalue weighted by Gasteiger charge is -2.26. The Morgan fingerprint density at radius 1 is 1.16 bits per heavy atom. The van der Waals surface area contributed by atoms with E-state index in [4.69, 9.17) is 4.74 Å². The molecule has 1 amide bonds. The van der Waals surface area contributed by atoms with E-state index in [2.05, 4.69) is 18.2 Å². The SMILES string of the molecule is O=C(/C=C/c1cccs1)OCC(=O)N1CC=C(c2ccccc2)CC1. The summed E-state index contributed by atoms with van der Waals surface area (Å²) < 4.78 is 5.03. The van der Waals surface area contributed by atoms with E-state index in [0.29, 0.717) is 13.1 Å². The van der Waals surface area contributed by atoms with Gasteiger partial charge in [-0.15, -0.1) is 11.3 Å². The maximum absolute atomic E-state index is 12.2. The maximum Gasteiger partial charge on any atom is 0.331 e. The minimum Gasteiger partial charge on any atom is -0.452 e. The van der Waals surface area contributed by atoms with Gasteiger partial charge in [0.2, 0.25) is 0 Å². The summed E-state index contributed by atoms with van der Waals surface area (Å²) >= 11 is 1.53. The van der Waals surface area contributed by atoms with Crippen LogP contribution in [-0.2, 0) is 14.3 Å². The summed E-state index contributed by atoms with van der Waals surface area (Å²) in [6.07, 6.45) is 5.91. The number of ether oxygens (including phenoxy) is 1. The third-order valence-electron chi connectivity index (χ3n) is 3.97. The van der Waals surface area contributed by atoms with E-state index < -0.39 is 5.97 Å². The van der Waals surface area contributed by atoms with Gasteiger partial charge in [0.05, 0.1) is 0 Å². The third kappa shape index (κ3) is 4.90. The first-order valence-electron chi connectivity index (χ1n) is 8.13. The topological polar surface area (TPSA) is 46.6 Å². The first kappa shape index (κ1) is 17.2. The van der Waals surface area contributed by atoms with Gasteiger partial charge in [-0.1, -0.05) is 42.5 Å². The van der Waals surface area contributed by atoms with Crippen LogP contribution in [0.5, 0.6) is 0 Å². The molecule has 0 spiro atoms. The molecule has 0 aliphatic carbocycles. The van der Waals surface area contributed by atoms with Crippen LogP contribution in [0.25, 0.3) is 11.6 Å². The van der Waals surface area contributed by atoms with E-state index >= 15 is 0 Å². The van der Waals surface area contributed by atoms with Crippen LogP contribution < -0.4 is 0 Å². The number of thiophene rings is 1. The first-order chi connectivity index (χ1) is 12.2. The molecule has 25 heavy (non-hydrogen) atoms. The molecule has 0 radical (unpaired) electrons. The summed E-state index contributed by atoms with van der Waals surface area (Å²) in [5.74, 6) is -0.666. The Kier molecular flexibility index (Phi) is 5.80. The minimum atomic E-state index is -0.501. The van der Waals surface area contributed by atoms with Crippen molar-refractivity contribution in [2.45, 2.75) is 6.42 Å². The van der Waals surface area contributed by atoms with Crippen molar-refractivity contribution in [3.05, 3.63) is 70.4 Å². The van der Waals surface area contributed by atoms with Crippen molar-refractivity contribution in [3.63, 3.8) is 0 Å². The Morgan fingerprint density at radius 2 is 2.00 bits per heavy atom. The fourth-order valence-corrected chi connectivity index (χ4v) is 3.24. The number of amides is 1. The Bertz CT molecular complexity index is 779. The minimum absolute atomic E-state index is 0.166. The Morgan fingerprint density at radius 3 is 2.68 bits per heavy atom. The number of hydrogen-bond donors (Lipinski definition) is 0. The zero-order valence-corrected chi connectivity index (χ0v) is 14.6. The highest BCUT2D eigenvalue weighted by Crippen LogP contribution is 2.21. The van der Waals surface area contributed by atoms with Crippen molar-refractivity contribution in [1.82, 2.24) is 4.90 Å². The average Bonchev–Trinajstić information content (AvgIpc) is 3.19. The first-order valence-corrected chi connectivity index (χ1v) is 9.01. The number of benzene rings is 1. The van der Waals surface area contributed by atoms with Crippen LogP contribution in [-0.4, -0.2) is 36.5 Å². The Labute approximate surface area is 151 Å². The lowest BCUT2D eigenvalue weighted by molar-refractivity contribution is -0.147. The normalized spacial score (nSPS) is 14.4. The number of carbonyl (C=O) groups is 2. The molecule has 0 bridgehead atoms. The molecule has 0 saturated heterocycles. The van der Waals surface area contributed by atoms with Gasteiger partial charge in [-0.2, -0.15) is 0 Å². The highest BCUT2D eigenvalue weighted by atomic mass is 32.1. The van der Waals surface area contributed by atoms with Crippen LogP contribution in [0, 0.1) is 0 Å². The van der Waals surface area contributed by atoms with Crippen LogP contribution in [0.3, 0.4) is 0 Å². The van der Waals surface area contributed by atoms with E-state index in [9.17, 15) is 9.59 Å². The van der Waals surface area contributed by atoms with Crippen molar-refractivity contribution < 1.29 is 14.3 Å². The number of hydrogen-bond acceptors (Lipinski definition) is 4. The van der Waals surface area contributed by atoms with Crippen molar-refractivity contribution in [1.29, 1.82) is 0 Å². The largest absolute Gasteiger partial charge is 0.452 e. The van der Waals surface area contributed by atoms with Gasteiger partial charge in [0.1, 0.15) is 0 Å². The van der Waals surface area contributed by atoms with Gasteiger partial charge in [0.25, 0.3) is 5.91 Å². The molecule has 0 saturated carbocycles. The molecule has 1 aliphatic heterocycles. The van der Waals surface area contributed by atoms with E-state index in [1.54, 1.807) is 11.0 Å². The summed E-state index contributed by atoms with van der Waals surface area (Å²) in [6, 6.07) is 14.0. The van der Waals surface area contributed by atoms with Crippen molar-refractivity contribution in [3.8, 4) is 0 Å². The molecule has 128 valence electrons. The molecule has 2 aromatic rings. The third-order valence-corrected chi connectivity index (χ3v) is 4.81. The second-order valence-corrected chi connectivity index (χ2v) is 6.62. The van der Waals surface area contributed by atoms with Gasteiger partial charge in [-0.3, -0.25) is 4.79 Å². The van der Waals surface area contributed by atoms with Gasteiger partial charge < -0.3 is 9.64 Å². The molecule has 0 fully saturated rings. The summed E-state index contributed by atoms with van der Waals surface area (Å²) in [7, 11) is 0. The highest BCUT2D eigenvalue weighted by molar-refractivity contribution is 7.10. The number of esters is 1. The summed E-state index contributed by atoms with van der Waals surface area (Å²) in [4.78, 5) is 26.5. The molecule has 3 rings (SSSR count). The molecule has 5 heteroatoms. The van der Waals surface area contributed by atoms with E-state index in [0.717, 1.165) is 11.3 Å². The van der Waals surface area contributed by atoms with E-state index in [1.807, 2.05) is 35.7 Å². The summed E-state index contributed by atoms with van der Waals surface area (Å²) in [5.41, 5.74) is 2.44. The van der Waals surface area contributed by atoms with Gasteiger partial charge in [0, 0.05) is 24.0 Å². The zero-order valence-electron chi connectivity index (χ0n) is 13.8. The fraction of sp³-hybridized carbons (Fsp3) is 0.200. The van der Waals surface area contributed by atoms with Crippen molar-refractivity contribution in [2.75, 3.05) is 19.7 Å². The van der Waals surface area contributed by atoms with Gasteiger partial charge >= 0.3 is 5.97 Å². The lowest BCUT2D eigenvalue weighted by atomic mass is 10.00. The molecule has 0 atom stereocenters. The van der Waals surface area contributed by atoms with Gasteiger partial charge in [0.15, 0.2) is 6.61 Å². The number of nitrogens with zero attached hydrogens (tertiary/aromatic N) is 1. The molecule has 0 N–H and O–H groups in total. The van der Waals surface area contributed by atoms with Crippen LogP contribution in [0.2, 0.25) is 0 Å². The predicted octanol–water partition coefficient (Wildman–Crippen LogP) is 3.62. The van der Waals surface area contributed by atoms with Crippen molar-refractivity contribution >= 4 is 34.9 Å². The molecule has 1 aromatic heterocycles. The number of rotatable bonds is 5. The Balaban J connectivity index is 1.46. The van der Waals surface area contributed by atoms with Crippen LogP contribution in [0.1, 0.15) is 16.9 Å². The average molecular weight is 353 g/mol. The van der Waals surface area contributed by atoms with Crippen LogP contribution in [0.15, 0.2) is 60.0 Å². The van der Waals surface area contributed by atoms with Gasteiger partial charge in [-0.25, -0.2) is 4.79 Å². The van der Waals surface area contributed by atoms with E-state index in [-0.39, 0.29) is 12.5 Å². The van der Waals surface area contributed by atoms with Crippen LogP contribution >= 0.6 is 11.3 Å². The van der Waals surface area contributed by atoms with Gasteiger partial charge in [-0.05, 0) is 35.1 Å². The molecule has 0 unspecified atom stereocenters. The fourth-order valence-electron chi connectivity index (χ4n) is 2.62. The maximum atomic E-state index is 12.2. The smallest absolute Gasteiger partial charge is 0.331 e. The molecule has 1 aliphatic rings. The molecular weight excluding hydrogens is 334 g/mol. The van der Waals surface area contributed by atoms with Crippen LogP contribution in [0.4, 0.5) is 0 Å².